The normalized spacial score (nSPS) is 25.6. The van der Waals surface area contributed by atoms with E-state index in [2.05, 4.69) is 42.3 Å². The zero-order chi connectivity index (χ0) is 14.2. The standard InChI is InChI=1S/C17H24N2O/c1-13-3-4-14(2)15(9-13)10-16(20)19-8-6-17(12-19)5-7-18-11-17/h3-4,9,18H,5-8,10-12H2,1-2H3. The largest absolute Gasteiger partial charge is 0.342 e. The molecule has 2 heterocycles. The number of aryl methyl sites for hydroxylation is 2. The van der Waals surface area contributed by atoms with Gasteiger partial charge in [0.25, 0.3) is 0 Å². The fraction of sp³-hybridized carbons (Fsp3) is 0.588. The molecule has 1 aromatic carbocycles. The molecule has 2 saturated heterocycles. The summed E-state index contributed by atoms with van der Waals surface area (Å²) in [6, 6.07) is 6.37. The van der Waals surface area contributed by atoms with Crippen LogP contribution >= 0.6 is 0 Å². The highest BCUT2D eigenvalue weighted by Crippen LogP contribution is 2.36. The first-order chi connectivity index (χ1) is 9.58. The summed E-state index contributed by atoms with van der Waals surface area (Å²) < 4.78 is 0. The second-order valence-electron chi connectivity index (χ2n) is 6.60. The summed E-state index contributed by atoms with van der Waals surface area (Å²) in [7, 11) is 0. The third-order valence-electron chi connectivity index (χ3n) is 4.97. The van der Waals surface area contributed by atoms with Gasteiger partial charge in [-0.2, -0.15) is 0 Å². The lowest BCUT2D eigenvalue weighted by Gasteiger charge is -2.23. The Morgan fingerprint density at radius 3 is 2.95 bits per heavy atom. The van der Waals surface area contributed by atoms with Gasteiger partial charge in [-0.25, -0.2) is 0 Å². The monoisotopic (exact) mass is 272 g/mol. The average molecular weight is 272 g/mol. The van der Waals surface area contributed by atoms with Crippen molar-refractivity contribution < 1.29 is 4.79 Å². The predicted molar refractivity (Wildman–Crippen MR) is 80.7 cm³/mol. The van der Waals surface area contributed by atoms with Crippen molar-refractivity contribution in [2.24, 2.45) is 5.41 Å². The highest BCUT2D eigenvalue weighted by molar-refractivity contribution is 5.79. The predicted octanol–water partition coefficient (Wildman–Crippen LogP) is 2.06. The van der Waals surface area contributed by atoms with Gasteiger partial charge < -0.3 is 10.2 Å². The van der Waals surface area contributed by atoms with E-state index in [4.69, 9.17) is 0 Å². The lowest BCUT2D eigenvalue weighted by atomic mass is 9.86. The van der Waals surface area contributed by atoms with Crippen LogP contribution in [0.1, 0.15) is 29.5 Å². The van der Waals surface area contributed by atoms with E-state index in [-0.39, 0.29) is 0 Å². The molecular weight excluding hydrogens is 248 g/mol. The van der Waals surface area contributed by atoms with Crippen LogP contribution in [-0.2, 0) is 11.2 Å². The smallest absolute Gasteiger partial charge is 0.227 e. The van der Waals surface area contributed by atoms with Crippen molar-refractivity contribution in [3.05, 3.63) is 34.9 Å². The van der Waals surface area contributed by atoms with Crippen molar-refractivity contribution >= 4 is 5.91 Å². The number of nitrogens with one attached hydrogen (secondary N) is 1. The van der Waals surface area contributed by atoms with Crippen LogP contribution in [0.2, 0.25) is 0 Å². The number of rotatable bonds is 2. The number of hydrogen-bond acceptors (Lipinski definition) is 2. The van der Waals surface area contributed by atoms with E-state index in [1.165, 1.54) is 29.5 Å². The van der Waals surface area contributed by atoms with E-state index < -0.39 is 0 Å². The Morgan fingerprint density at radius 1 is 1.35 bits per heavy atom. The molecule has 3 heteroatoms. The Balaban J connectivity index is 1.66. The molecule has 108 valence electrons. The molecule has 1 amide bonds. The molecule has 3 nitrogen and oxygen atoms in total. The van der Waals surface area contributed by atoms with Gasteiger partial charge in [-0.1, -0.05) is 23.8 Å². The van der Waals surface area contributed by atoms with Crippen molar-refractivity contribution in [2.45, 2.75) is 33.1 Å². The molecule has 0 saturated carbocycles. The van der Waals surface area contributed by atoms with Crippen LogP contribution in [0.15, 0.2) is 18.2 Å². The Hall–Kier alpha value is -1.35. The lowest BCUT2D eigenvalue weighted by Crippen LogP contribution is -2.34. The first kappa shape index (κ1) is 13.6. The molecule has 1 spiro atoms. The number of amides is 1. The molecule has 0 aliphatic carbocycles. The minimum absolute atomic E-state index is 0.294. The molecule has 1 N–H and O–H groups in total. The maximum atomic E-state index is 12.5. The Morgan fingerprint density at radius 2 is 2.20 bits per heavy atom. The van der Waals surface area contributed by atoms with Gasteiger partial charge in [0, 0.05) is 25.0 Å². The van der Waals surface area contributed by atoms with Gasteiger partial charge in [-0.05, 0) is 44.4 Å². The number of likely N-dealkylation sites (tertiary alicyclic amines) is 1. The minimum Gasteiger partial charge on any atom is -0.342 e. The van der Waals surface area contributed by atoms with Crippen molar-refractivity contribution in [3.63, 3.8) is 0 Å². The van der Waals surface area contributed by atoms with Crippen molar-refractivity contribution in [2.75, 3.05) is 26.2 Å². The van der Waals surface area contributed by atoms with Crippen LogP contribution in [-0.4, -0.2) is 37.0 Å². The van der Waals surface area contributed by atoms with Crippen LogP contribution in [0.4, 0.5) is 0 Å². The zero-order valence-corrected chi connectivity index (χ0v) is 12.5. The fourth-order valence-corrected chi connectivity index (χ4v) is 3.56. The Labute approximate surface area is 121 Å². The van der Waals surface area contributed by atoms with Gasteiger partial charge in [0.2, 0.25) is 5.91 Å². The Bertz CT molecular complexity index is 518. The van der Waals surface area contributed by atoms with E-state index in [1.807, 2.05) is 0 Å². The zero-order valence-electron chi connectivity index (χ0n) is 12.5. The molecule has 2 aliphatic rings. The summed E-state index contributed by atoms with van der Waals surface area (Å²) in [6.45, 7) is 8.26. The molecule has 2 fully saturated rings. The third kappa shape index (κ3) is 2.59. The molecule has 1 unspecified atom stereocenters. The summed E-state index contributed by atoms with van der Waals surface area (Å²) in [5, 5.41) is 3.44. The van der Waals surface area contributed by atoms with Crippen molar-refractivity contribution in [1.82, 2.24) is 10.2 Å². The molecule has 1 aromatic rings. The van der Waals surface area contributed by atoms with Crippen LogP contribution in [0.3, 0.4) is 0 Å². The summed E-state index contributed by atoms with van der Waals surface area (Å²) >= 11 is 0. The second kappa shape index (κ2) is 5.21. The average Bonchev–Trinajstić information content (AvgIpc) is 3.05. The summed E-state index contributed by atoms with van der Waals surface area (Å²) in [5.74, 6) is 0.294. The topological polar surface area (TPSA) is 32.3 Å². The summed E-state index contributed by atoms with van der Waals surface area (Å²) in [4.78, 5) is 14.6. The number of hydrogen-bond donors (Lipinski definition) is 1. The molecule has 3 rings (SSSR count). The van der Waals surface area contributed by atoms with E-state index >= 15 is 0 Å². The van der Waals surface area contributed by atoms with E-state index in [0.717, 1.165) is 26.2 Å². The van der Waals surface area contributed by atoms with Gasteiger partial charge in [0.05, 0.1) is 6.42 Å². The number of nitrogens with zero attached hydrogens (tertiary/aromatic N) is 1. The third-order valence-corrected chi connectivity index (χ3v) is 4.97. The summed E-state index contributed by atoms with van der Waals surface area (Å²) in [5.41, 5.74) is 4.01. The van der Waals surface area contributed by atoms with Crippen LogP contribution in [0.5, 0.6) is 0 Å². The number of carbonyl (C=O) groups is 1. The highest BCUT2D eigenvalue weighted by atomic mass is 16.2. The van der Waals surface area contributed by atoms with Crippen molar-refractivity contribution in [3.8, 4) is 0 Å². The van der Waals surface area contributed by atoms with Crippen LogP contribution < -0.4 is 5.32 Å². The first-order valence-corrected chi connectivity index (χ1v) is 7.63. The molecule has 0 radical (unpaired) electrons. The van der Waals surface area contributed by atoms with Gasteiger partial charge >= 0.3 is 0 Å². The maximum absolute atomic E-state index is 12.5. The van der Waals surface area contributed by atoms with E-state index in [0.29, 0.717) is 17.7 Å². The molecule has 2 aliphatic heterocycles. The minimum atomic E-state index is 0.294. The number of benzene rings is 1. The van der Waals surface area contributed by atoms with Crippen molar-refractivity contribution in [1.29, 1.82) is 0 Å². The highest BCUT2D eigenvalue weighted by Gasteiger charge is 2.41. The second-order valence-corrected chi connectivity index (χ2v) is 6.60. The van der Waals surface area contributed by atoms with Gasteiger partial charge in [0.1, 0.15) is 0 Å². The molecule has 20 heavy (non-hydrogen) atoms. The first-order valence-electron chi connectivity index (χ1n) is 7.63. The Kier molecular flexibility index (Phi) is 3.55. The van der Waals surface area contributed by atoms with Gasteiger partial charge in [-0.3, -0.25) is 4.79 Å². The molecule has 0 aromatic heterocycles. The number of carbonyl (C=O) groups excluding carboxylic acids is 1. The molecule has 0 bridgehead atoms. The lowest BCUT2D eigenvalue weighted by molar-refractivity contribution is -0.129. The molecule has 1 atom stereocenters. The summed E-state index contributed by atoms with van der Waals surface area (Å²) in [6.07, 6.45) is 2.94. The van der Waals surface area contributed by atoms with Gasteiger partial charge in [0.15, 0.2) is 0 Å². The van der Waals surface area contributed by atoms with Crippen LogP contribution in [0.25, 0.3) is 0 Å². The van der Waals surface area contributed by atoms with Crippen LogP contribution in [0, 0.1) is 19.3 Å². The maximum Gasteiger partial charge on any atom is 0.227 e. The molecular formula is C17H24N2O. The van der Waals surface area contributed by atoms with Gasteiger partial charge in [-0.15, -0.1) is 0 Å². The van der Waals surface area contributed by atoms with E-state index in [1.54, 1.807) is 0 Å². The quantitative estimate of drug-likeness (QED) is 0.894. The van der Waals surface area contributed by atoms with E-state index in [9.17, 15) is 4.79 Å². The fourth-order valence-electron chi connectivity index (χ4n) is 3.56. The SMILES string of the molecule is Cc1ccc(C)c(CC(=O)N2CCC3(CCNC3)C2)c1.